The molecule has 0 saturated carbocycles. The number of nitro benzene ring substituents is 1. The summed E-state index contributed by atoms with van der Waals surface area (Å²) in [4.78, 5) is 10.2. The molecule has 0 bridgehead atoms. The number of hydrogen-bond acceptors (Lipinski definition) is 3. The molecule has 0 saturated heterocycles. The van der Waals surface area contributed by atoms with Gasteiger partial charge in [0.25, 0.3) is 5.69 Å². The molecule has 21 heavy (non-hydrogen) atoms. The van der Waals surface area contributed by atoms with Gasteiger partial charge in [0.1, 0.15) is 0 Å². The van der Waals surface area contributed by atoms with E-state index in [1.54, 1.807) is 6.07 Å². The second kappa shape index (κ2) is 5.92. The number of benzene rings is 2. The molecule has 1 unspecified atom stereocenters. The van der Waals surface area contributed by atoms with Gasteiger partial charge in [-0.15, -0.1) is 0 Å². The molecule has 0 aromatic heterocycles. The number of nitro groups is 1. The van der Waals surface area contributed by atoms with Gasteiger partial charge in [0.05, 0.1) is 11.0 Å². The standard InChI is InChI=1S/C14H10F3NO3/c15-10-5-9(6-11(16)14(10)17)13(19)7-8-3-1-2-4-12(8)18(20)21/h1-6,13,19H,7H2. The van der Waals surface area contributed by atoms with Gasteiger partial charge in [-0.2, -0.15) is 0 Å². The summed E-state index contributed by atoms with van der Waals surface area (Å²) in [6.07, 6.45) is -1.61. The summed E-state index contributed by atoms with van der Waals surface area (Å²) in [7, 11) is 0. The fraction of sp³-hybridized carbons (Fsp3) is 0.143. The predicted octanol–water partition coefficient (Wildman–Crippen LogP) is 3.29. The first kappa shape index (κ1) is 15.0. The molecule has 2 aromatic rings. The number of aliphatic hydroxyl groups is 1. The van der Waals surface area contributed by atoms with E-state index in [-0.39, 0.29) is 23.2 Å². The van der Waals surface area contributed by atoms with E-state index in [4.69, 9.17) is 0 Å². The number of rotatable bonds is 4. The van der Waals surface area contributed by atoms with Crippen molar-refractivity contribution >= 4 is 5.69 Å². The molecule has 0 radical (unpaired) electrons. The molecule has 0 amide bonds. The number of nitrogens with zero attached hydrogens (tertiary/aromatic N) is 1. The van der Waals surface area contributed by atoms with Crippen molar-refractivity contribution in [2.75, 3.05) is 0 Å². The molecule has 4 nitrogen and oxygen atoms in total. The zero-order chi connectivity index (χ0) is 15.6. The Hall–Kier alpha value is -2.41. The molecule has 110 valence electrons. The summed E-state index contributed by atoms with van der Waals surface area (Å²) in [5.41, 5.74) is -0.190. The van der Waals surface area contributed by atoms with Gasteiger partial charge in [0.15, 0.2) is 17.5 Å². The smallest absolute Gasteiger partial charge is 0.272 e. The molecule has 0 heterocycles. The van der Waals surface area contributed by atoms with E-state index < -0.39 is 28.5 Å². The Balaban J connectivity index is 2.30. The molecule has 0 fully saturated rings. The van der Waals surface area contributed by atoms with Crippen LogP contribution in [0.1, 0.15) is 17.2 Å². The second-order valence-corrected chi connectivity index (χ2v) is 4.40. The fourth-order valence-corrected chi connectivity index (χ4v) is 1.96. The van der Waals surface area contributed by atoms with Crippen molar-refractivity contribution < 1.29 is 23.2 Å². The minimum Gasteiger partial charge on any atom is -0.388 e. The molecule has 7 heteroatoms. The van der Waals surface area contributed by atoms with Crippen molar-refractivity contribution in [3.8, 4) is 0 Å². The van der Waals surface area contributed by atoms with Crippen LogP contribution < -0.4 is 0 Å². The van der Waals surface area contributed by atoms with E-state index in [1.807, 2.05) is 0 Å². The lowest BCUT2D eigenvalue weighted by molar-refractivity contribution is -0.385. The maximum absolute atomic E-state index is 13.1. The molecule has 2 aromatic carbocycles. The summed E-state index contributed by atoms with van der Waals surface area (Å²) in [6.45, 7) is 0. The predicted molar refractivity (Wildman–Crippen MR) is 68.1 cm³/mol. The van der Waals surface area contributed by atoms with Crippen LogP contribution in [-0.4, -0.2) is 10.0 Å². The molecule has 0 aliphatic carbocycles. The summed E-state index contributed by atoms with van der Waals surface area (Å²) >= 11 is 0. The van der Waals surface area contributed by atoms with Crippen molar-refractivity contribution in [1.29, 1.82) is 0 Å². The maximum atomic E-state index is 13.1. The van der Waals surface area contributed by atoms with E-state index >= 15 is 0 Å². The fourth-order valence-electron chi connectivity index (χ4n) is 1.96. The highest BCUT2D eigenvalue weighted by molar-refractivity contribution is 5.40. The summed E-state index contributed by atoms with van der Waals surface area (Å²) < 4.78 is 39.1. The van der Waals surface area contributed by atoms with Crippen LogP contribution in [0.4, 0.5) is 18.9 Å². The topological polar surface area (TPSA) is 63.4 Å². The highest BCUT2D eigenvalue weighted by Crippen LogP contribution is 2.26. The Labute approximate surface area is 117 Å². The Morgan fingerprint density at radius 3 is 2.29 bits per heavy atom. The number of aliphatic hydroxyl groups excluding tert-OH is 1. The third-order valence-corrected chi connectivity index (χ3v) is 2.99. The highest BCUT2D eigenvalue weighted by atomic mass is 19.2. The van der Waals surface area contributed by atoms with Gasteiger partial charge >= 0.3 is 0 Å². The first-order valence-electron chi connectivity index (χ1n) is 5.95. The molecule has 1 atom stereocenters. The lowest BCUT2D eigenvalue weighted by Gasteiger charge is -2.12. The molecule has 2 rings (SSSR count). The van der Waals surface area contributed by atoms with E-state index in [9.17, 15) is 28.4 Å². The molecule has 0 spiro atoms. The van der Waals surface area contributed by atoms with Gasteiger partial charge in [-0.3, -0.25) is 10.1 Å². The zero-order valence-corrected chi connectivity index (χ0v) is 10.6. The first-order chi connectivity index (χ1) is 9.90. The van der Waals surface area contributed by atoms with Gasteiger partial charge in [-0.25, -0.2) is 13.2 Å². The van der Waals surface area contributed by atoms with E-state index in [0.29, 0.717) is 12.1 Å². The second-order valence-electron chi connectivity index (χ2n) is 4.40. The third kappa shape index (κ3) is 3.19. The quantitative estimate of drug-likeness (QED) is 0.535. The van der Waals surface area contributed by atoms with Crippen molar-refractivity contribution in [2.45, 2.75) is 12.5 Å². The van der Waals surface area contributed by atoms with Gasteiger partial charge in [0.2, 0.25) is 0 Å². The Kier molecular flexibility index (Phi) is 4.23. The lowest BCUT2D eigenvalue weighted by Crippen LogP contribution is -2.06. The van der Waals surface area contributed by atoms with Crippen LogP contribution >= 0.6 is 0 Å². The third-order valence-electron chi connectivity index (χ3n) is 2.99. The minimum absolute atomic E-state index is 0.190. The Morgan fingerprint density at radius 2 is 1.71 bits per heavy atom. The van der Waals surface area contributed by atoms with Crippen molar-refractivity contribution in [2.24, 2.45) is 0 Å². The van der Waals surface area contributed by atoms with Crippen LogP contribution in [0.2, 0.25) is 0 Å². The summed E-state index contributed by atoms with van der Waals surface area (Å²) in [5, 5.41) is 20.8. The molecule has 1 N–H and O–H groups in total. The van der Waals surface area contributed by atoms with E-state index in [2.05, 4.69) is 0 Å². The normalized spacial score (nSPS) is 12.2. The molecule has 0 aliphatic rings. The van der Waals surface area contributed by atoms with Crippen molar-refractivity contribution in [3.63, 3.8) is 0 Å². The Bertz CT molecular complexity index is 668. The molecular formula is C14H10F3NO3. The minimum atomic E-state index is -1.63. The van der Waals surface area contributed by atoms with Crippen LogP contribution in [0.15, 0.2) is 36.4 Å². The highest BCUT2D eigenvalue weighted by Gasteiger charge is 2.20. The van der Waals surface area contributed by atoms with Crippen molar-refractivity contribution in [1.82, 2.24) is 0 Å². The monoisotopic (exact) mass is 297 g/mol. The van der Waals surface area contributed by atoms with Crippen molar-refractivity contribution in [3.05, 3.63) is 75.1 Å². The van der Waals surface area contributed by atoms with Gasteiger partial charge in [-0.05, 0) is 17.7 Å². The Morgan fingerprint density at radius 1 is 1.14 bits per heavy atom. The van der Waals surface area contributed by atoms with Crippen LogP contribution in [-0.2, 0) is 6.42 Å². The zero-order valence-electron chi connectivity index (χ0n) is 10.6. The first-order valence-corrected chi connectivity index (χ1v) is 5.95. The average molecular weight is 297 g/mol. The largest absolute Gasteiger partial charge is 0.388 e. The van der Waals surface area contributed by atoms with Gasteiger partial charge in [-0.1, -0.05) is 18.2 Å². The van der Waals surface area contributed by atoms with Crippen LogP contribution in [0.3, 0.4) is 0 Å². The summed E-state index contributed by atoms with van der Waals surface area (Å²) in [6, 6.07) is 7.02. The SMILES string of the molecule is O=[N+]([O-])c1ccccc1CC(O)c1cc(F)c(F)c(F)c1. The lowest BCUT2D eigenvalue weighted by atomic mass is 10.00. The van der Waals surface area contributed by atoms with Gasteiger partial charge < -0.3 is 5.11 Å². The van der Waals surface area contributed by atoms with Gasteiger partial charge in [0, 0.05) is 18.1 Å². The number of para-hydroxylation sites is 1. The van der Waals surface area contributed by atoms with E-state index in [0.717, 1.165) is 0 Å². The maximum Gasteiger partial charge on any atom is 0.272 e. The average Bonchev–Trinajstić information content (AvgIpc) is 2.44. The molecular weight excluding hydrogens is 287 g/mol. The van der Waals surface area contributed by atoms with Crippen LogP contribution in [0, 0.1) is 27.6 Å². The van der Waals surface area contributed by atoms with E-state index in [1.165, 1.54) is 18.2 Å². The number of halogens is 3. The van der Waals surface area contributed by atoms with Crippen LogP contribution in [0.5, 0.6) is 0 Å². The molecule has 0 aliphatic heterocycles. The van der Waals surface area contributed by atoms with Crippen LogP contribution in [0.25, 0.3) is 0 Å². The number of hydrogen-bond donors (Lipinski definition) is 1. The summed E-state index contributed by atoms with van der Waals surface area (Å²) in [5.74, 6) is -4.48.